The fourth-order valence-electron chi connectivity index (χ4n) is 5.87. The van der Waals surface area contributed by atoms with Crippen LogP contribution >= 0.6 is 22.7 Å². The molecular formula is C51H51BN4S2. The first-order valence-corrected chi connectivity index (χ1v) is 20.6. The van der Waals surface area contributed by atoms with Gasteiger partial charge in [0.2, 0.25) is 0 Å². The normalized spacial score (nSPS) is 14.1. The van der Waals surface area contributed by atoms with E-state index in [9.17, 15) is 0 Å². The molecule has 0 N–H and O–H groups in total. The van der Waals surface area contributed by atoms with Crippen LogP contribution in [0.5, 0.6) is 0 Å². The van der Waals surface area contributed by atoms with E-state index >= 15 is 0 Å². The van der Waals surface area contributed by atoms with Crippen LogP contribution in [-0.4, -0.2) is 32.8 Å². The van der Waals surface area contributed by atoms with Crippen molar-refractivity contribution in [3.05, 3.63) is 203 Å². The zero-order chi connectivity index (χ0) is 42.2. The predicted molar refractivity (Wildman–Crippen MR) is 263 cm³/mol. The van der Waals surface area contributed by atoms with Gasteiger partial charge in [-0.3, -0.25) is 0 Å². The standard InChI is InChI=1S/C51H51BN4S2/c1-13-19-22-26-34(7)41(24-16-4)46-38(11)43-29-23-28-42(47(43)58-46)36(9)32-40(30-31-52-12)51-53-44(45(18-6)57-51)33-37(10)49-54-48(35(8)25-20-14-2)55-50(56-49)39(17-5)27-21-15-3/h13-33H,1-2,4-5,8,10H2,3,6-7,9,11-12H3/b21-15-,22-19-,25-20-,34-26+,36-32+,39-27+,40-30+,41-24-,44-33+,45-18+. The molecular weight excluding hydrogens is 744 g/mol. The van der Waals surface area contributed by atoms with Gasteiger partial charge in [0, 0.05) is 0 Å². The van der Waals surface area contributed by atoms with Gasteiger partial charge in [0.25, 0.3) is 0 Å². The molecule has 3 heterocycles. The molecule has 0 unspecified atom stereocenters. The molecule has 58 heavy (non-hydrogen) atoms. The fraction of sp³-hybridized carbons (Fsp3) is 0.118. The van der Waals surface area contributed by atoms with Crippen molar-refractivity contribution in [2.75, 3.05) is 0 Å². The number of nitrogens with zero attached hydrogens (tertiary/aromatic N) is 4. The van der Waals surface area contributed by atoms with Gasteiger partial charge < -0.3 is 0 Å². The van der Waals surface area contributed by atoms with Gasteiger partial charge in [-0.25, -0.2) is 0 Å². The van der Waals surface area contributed by atoms with Crippen molar-refractivity contribution in [1.29, 1.82) is 0 Å². The van der Waals surface area contributed by atoms with E-state index in [-0.39, 0.29) is 0 Å². The van der Waals surface area contributed by atoms with E-state index in [1.165, 1.54) is 26.1 Å². The number of allylic oxidation sites excluding steroid dienone is 22. The Hall–Kier alpha value is -6.15. The monoisotopic (exact) mass is 794 g/mol. The zero-order valence-corrected chi connectivity index (χ0v) is 36.2. The van der Waals surface area contributed by atoms with E-state index in [0.717, 1.165) is 42.8 Å². The summed E-state index contributed by atoms with van der Waals surface area (Å²) in [5.41, 5.74) is 8.84. The Labute approximate surface area is 353 Å². The molecule has 4 aromatic rings. The average molecular weight is 795 g/mol. The van der Waals surface area contributed by atoms with Gasteiger partial charge in [0.05, 0.1) is 0 Å². The molecule has 4 nitrogen and oxygen atoms in total. The van der Waals surface area contributed by atoms with Crippen molar-refractivity contribution in [1.82, 2.24) is 19.9 Å². The topological polar surface area (TPSA) is 51.6 Å². The summed E-state index contributed by atoms with van der Waals surface area (Å²) in [5.74, 6) is 3.37. The molecule has 0 bridgehead atoms. The van der Waals surface area contributed by atoms with E-state index in [1.807, 2.05) is 87.5 Å². The number of hydrogen-bond donors (Lipinski definition) is 0. The van der Waals surface area contributed by atoms with Crippen molar-refractivity contribution in [2.24, 2.45) is 0 Å². The van der Waals surface area contributed by atoms with Crippen molar-refractivity contribution >= 4 is 91.2 Å². The molecule has 4 rings (SSSR count). The second-order valence-corrected chi connectivity index (χ2v) is 15.1. The average Bonchev–Trinajstić information content (AvgIpc) is 3.80. The van der Waals surface area contributed by atoms with Crippen molar-refractivity contribution in [3.63, 3.8) is 0 Å². The Balaban J connectivity index is 1.85. The summed E-state index contributed by atoms with van der Waals surface area (Å²) >= 11 is 3.44. The summed E-state index contributed by atoms with van der Waals surface area (Å²) < 4.78 is 2.25. The van der Waals surface area contributed by atoms with Gasteiger partial charge in [-0.15, -0.1) is 0 Å². The maximum atomic E-state index is 5.18. The third kappa shape index (κ3) is 11.0. The third-order valence-corrected chi connectivity index (χ3v) is 11.4. The van der Waals surface area contributed by atoms with E-state index in [0.29, 0.717) is 28.6 Å². The van der Waals surface area contributed by atoms with Crippen LogP contribution in [0.15, 0.2) is 154 Å². The van der Waals surface area contributed by atoms with E-state index in [4.69, 9.17) is 19.9 Å². The zero-order valence-electron chi connectivity index (χ0n) is 34.5. The maximum absolute atomic E-state index is 5.18. The molecule has 1 aromatic carbocycles. The first kappa shape index (κ1) is 44.6. The number of aromatic nitrogens is 4. The number of aryl methyl sites for hydroxylation is 1. The van der Waals surface area contributed by atoms with Crippen molar-refractivity contribution in [2.45, 2.75) is 41.4 Å². The second kappa shape index (κ2) is 22.0. The Morgan fingerprint density at radius 1 is 0.759 bits per heavy atom. The Bertz CT molecular complexity index is 2680. The minimum atomic E-state index is 0.419. The Morgan fingerprint density at radius 2 is 1.48 bits per heavy atom. The van der Waals surface area contributed by atoms with Crippen LogP contribution in [0, 0.1) is 6.92 Å². The summed E-state index contributed by atoms with van der Waals surface area (Å²) in [6, 6.07) is 6.56. The van der Waals surface area contributed by atoms with E-state index < -0.39 is 0 Å². The van der Waals surface area contributed by atoms with Crippen LogP contribution in [0.25, 0.3) is 55.7 Å². The Morgan fingerprint density at radius 3 is 2.14 bits per heavy atom. The molecule has 0 atom stereocenters. The van der Waals surface area contributed by atoms with Crippen LogP contribution in [0.1, 0.15) is 66.2 Å². The van der Waals surface area contributed by atoms with Gasteiger partial charge in [0.15, 0.2) is 0 Å². The Kier molecular flexibility index (Phi) is 16.9. The molecule has 0 amide bonds. The molecule has 0 aliphatic carbocycles. The van der Waals surface area contributed by atoms with E-state index in [2.05, 4.69) is 115 Å². The van der Waals surface area contributed by atoms with Crippen molar-refractivity contribution < 1.29 is 0 Å². The SMILES string of the molecule is C=C\C=C/C=C(C)/C(=C/C=C)c1sc2c(/C(C)=C/C(=C\C=B/C)c3nc(=C/C(=C)c4nc(C(=C)/C=C\C=C)nc(/C(C=C)=C/C=C\C)n4)/c(=C\C)s3)cccc2c1C. The number of thiophene rings is 1. The number of benzene rings is 1. The molecule has 0 aliphatic heterocycles. The summed E-state index contributed by atoms with van der Waals surface area (Å²) in [7, 11) is 0. The first-order valence-electron chi connectivity index (χ1n) is 18.9. The molecule has 0 saturated heterocycles. The minimum absolute atomic E-state index is 0.419. The number of thiazole rings is 1. The van der Waals surface area contributed by atoms with Crippen LogP contribution in [0.3, 0.4) is 0 Å². The first-order chi connectivity index (χ1) is 28.0. The third-order valence-electron chi connectivity index (χ3n) is 8.87. The number of hydrogen-bond acceptors (Lipinski definition) is 6. The van der Waals surface area contributed by atoms with Gasteiger partial charge in [-0.05, 0) is 6.92 Å². The second-order valence-electron chi connectivity index (χ2n) is 13.0. The molecule has 0 fully saturated rings. The quantitative estimate of drug-likeness (QED) is 0.0789. The molecule has 0 spiro atoms. The number of rotatable bonds is 17. The van der Waals surface area contributed by atoms with Crippen LogP contribution in [-0.2, 0) is 0 Å². The molecule has 3 aromatic heterocycles. The van der Waals surface area contributed by atoms with Crippen LogP contribution in [0.4, 0.5) is 0 Å². The number of fused-ring (bicyclic) bond motifs is 1. The van der Waals surface area contributed by atoms with Gasteiger partial charge in [-0.1, -0.05) is 93.7 Å². The summed E-state index contributed by atoms with van der Waals surface area (Å²) in [6.45, 7) is 38.7. The van der Waals surface area contributed by atoms with Crippen molar-refractivity contribution in [3.8, 4) is 0 Å². The molecule has 7 heteroatoms. The van der Waals surface area contributed by atoms with Gasteiger partial charge >= 0.3 is 255 Å². The molecule has 290 valence electrons. The predicted octanol–water partition coefficient (Wildman–Crippen LogP) is 12.3. The van der Waals surface area contributed by atoms with Gasteiger partial charge in [0.1, 0.15) is 0 Å². The van der Waals surface area contributed by atoms with Crippen LogP contribution < -0.4 is 9.88 Å². The van der Waals surface area contributed by atoms with E-state index in [1.54, 1.807) is 35.6 Å². The fourth-order valence-corrected chi connectivity index (χ4v) is 8.27. The molecule has 0 radical (unpaired) electrons. The molecule has 0 aliphatic rings. The summed E-state index contributed by atoms with van der Waals surface area (Å²) in [6.07, 6.45) is 32.9. The summed E-state index contributed by atoms with van der Waals surface area (Å²) in [5, 5.41) is 2.90. The van der Waals surface area contributed by atoms with Crippen LogP contribution in [0.2, 0.25) is 6.82 Å². The summed E-state index contributed by atoms with van der Waals surface area (Å²) in [4.78, 5) is 20.7. The van der Waals surface area contributed by atoms with Gasteiger partial charge in [-0.2, -0.15) is 0 Å². The molecule has 0 saturated carbocycles.